The lowest BCUT2D eigenvalue weighted by molar-refractivity contribution is -0.135. The lowest BCUT2D eigenvalue weighted by Crippen LogP contribution is -2.33. The predicted molar refractivity (Wildman–Crippen MR) is 152 cm³/mol. The molecule has 0 heterocycles. The summed E-state index contributed by atoms with van der Waals surface area (Å²) < 4.78 is 4.29. The molecule has 2 aromatic carbocycles. The van der Waals surface area contributed by atoms with Crippen molar-refractivity contribution in [2.75, 3.05) is 7.11 Å². The summed E-state index contributed by atoms with van der Waals surface area (Å²) in [6.07, 6.45) is 6.46. The van der Waals surface area contributed by atoms with E-state index in [2.05, 4.69) is 49.8 Å². The fraction of sp³-hybridized carbons (Fsp3) is 0.448. The number of benzene rings is 2. The van der Waals surface area contributed by atoms with Crippen LogP contribution in [0.3, 0.4) is 0 Å². The standard InChI is InChI=1S/C20H24Cl2.C7H10BO3.C2H6/c1-4-8-15(5-2)20(3,16-9-6-11-18(21)13-16)17-10-7-12-19(22)14-17;1-3-8-6(9)4-5-7(10)11-2;1-2/h6-7,9-15H,4-5,8H2,1-3H3;4-5H,3H2,1-2H3;1-2H3/b;5-4-;. The van der Waals surface area contributed by atoms with Crippen LogP contribution in [0.1, 0.15) is 71.9 Å². The van der Waals surface area contributed by atoms with Crippen LogP contribution in [0.2, 0.25) is 16.4 Å². The summed E-state index contributed by atoms with van der Waals surface area (Å²) >= 11 is 12.5. The third-order valence-corrected chi connectivity index (χ3v) is 6.26. The summed E-state index contributed by atoms with van der Waals surface area (Å²) in [5.41, 5.74) is 2.28. The average molecular weight is 518 g/mol. The third-order valence-electron chi connectivity index (χ3n) is 5.79. The number of halogens is 2. The van der Waals surface area contributed by atoms with Crippen molar-refractivity contribution in [2.24, 2.45) is 5.92 Å². The highest BCUT2D eigenvalue weighted by molar-refractivity contribution is 6.76. The number of ether oxygens (including phenoxy) is 1. The minimum Gasteiger partial charge on any atom is -0.466 e. The molecule has 0 aliphatic carbocycles. The van der Waals surface area contributed by atoms with Gasteiger partial charge < -0.3 is 9.53 Å². The van der Waals surface area contributed by atoms with Crippen LogP contribution in [0.4, 0.5) is 0 Å². The highest BCUT2D eigenvalue weighted by Gasteiger charge is 2.36. The Hall–Kier alpha value is -2.04. The molecule has 2 rings (SSSR count). The second-order valence-corrected chi connectivity index (χ2v) is 8.86. The minimum absolute atomic E-state index is 0.0828. The second kappa shape index (κ2) is 18.3. The zero-order chi connectivity index (χ0) is 26.9. The van der Waals surface area contributed by atoms with Crippen molar-refractivity contribution in [1.82, 2.24) is 0 Å². The molecule has 0 aliphatic heterocycles. The van der Waals surface area contributed by atoms with Crippen molar-refractivity contribution >= 4 is 42.1 Å². The Bertz CT molecular complexity index is 882. The first-order valence-corrected chi connectivity index (χ1v) is 13.1. The highest BCUT2D eigenvalue weighted by atomic mass is 35.5. The molecule has 0 aromatic heterocycles. The fourth-order valence-electron chi connectivity index (χ4n) is 4.00. The first-order chi connectivity index (χ1) is 16.7. The summed E-state index contributed by atoms with van der Waals surface area (Å²) in [6.45, 7) is 12.7. The van der Waals surface area contributed by atoms with Crippen LogP contribution in [0.25, 0.3) is 0 Å². The Balaban J connectivity index is 0.000000754. The molecule has 0 N–H and O–H groups in total. The van der Waals surface area contributed by atoms with Gasteiger partial charge in [0.2, 0.25) is 7.28 Å². The lowest BCUT2D eigenvalue weighted by atomic mass is 9.65. The van der Waals surface area contributed by atoms with Gasteiger partial charge in [0, 0.05) is 21.5 Å². The van der Waals surface area contributed by atoms with E-state index in [4.69, 9.17) is 23.2 Å². The molecule has 0 saturated carbocycles. The van der Waals surface area contributed by atoms with Gasteiger partial charge in [-0.25, -0.2) is 4.79 Å². The molecule has 0 fully saturated rings. The number of methoxy groups -OCH3 is 1. The Labute approximate surface area is 223 Å². The molecule has 1 atom stereocenters. The zero-order valence-corrected chi connectivity index (χ0v) is 23.7. The van der Waals surface area contributed by atoms with Crippen LogP contribution in [-0.2, 0) is 19.7 Å². The van der Waals surface area contributed by atoms with Gasteiger partial charge in [0.1, 0.15) is 5.68 Å². The SMILES string of the molecule is CC.CCCC(CC)C(C)(c1cccc(Cl)c1)c1cccc(Cl)c1.CC[B]C(=O)/C=C\C(=O)OC. The highest BCUT2D eigenvalue weighted by Crippen LogP contribution is 2.44. The number of allylic oxidation sites excluding steroid dienone is 1. The van der Waals surface area contributed by atoms with Crippen molar-refractivity contribution in [1.29, 1.82) is 0 Å². The molecule has 0 amide bonds. The number of hydrogen-bond donors (Lipinski definition) is 0. The topological polar surface area (TPSA) is 43.4 Å². The minimum atomic E-state index is -0.511. The van der Waals surface area contributed by atoms with Crippen LogP contribution in [0.15, 0.2) is 60.7 Å². The van der Waals surface area contributed by atoms with E-state index in [1.165, 1.54) is 44.4 Å². The number of esters is 1. The predicted octanol–water partition coefficient (Wildman–Crippen LogP) is 8.54. The van der Waals surface area contributed by atoms with E-state index in [-0.39, 0.29) is 11.1 Å². The number of hydrogen-bond acceptors (Lipinski definition) is 3. The molecular weight excluding hydrogens is 478 g/mol. The van der Waals surface area contributed by atoms with E-state index in [0.717, 1.165) is 22.5 Å². The first-order valence-electron chi connectivity index (χ1n) is 12.4. The van der Waals surface area contributed by atoms with E-state index in [1.807, 2.05) is 45.0 Å². The van der Waals surface area contributed by atoms with Crippen molar-refractivity contribution in [3.8, 4) is 0 Å². The normalized spacial score (nSPS) is 11.5. The van der Waals surface area contributed by atoms with Crippen LogP contribution in [0, 0.1) is 5.92 Å². The van der Waals surface area contributed by atoms with E-state index in [0.29, 0.717) is 12.2 Å². The summed E-state index contributed by atoms with van der Waals surface area (Å²) in [5, 5.41) is 1.58. The quantitative estimate of drug-likeness (QED) is 0.180. The molecule has 3 nitrogen and oxygen atoms in total. The first kappa shape index (κ1) is 33.0. The number of carbonyl (C=O) groups is 2. The zero-order valence-electron chi connectivity index (χ0n) is 22.2. The lowest BCUT2D eigenvalue weighted by Gasteiger charge is -2.39. The van der Waals surface area contributed by atoms with Gasteiger partial charge in [-0.1, -0.05) is 108 Å². The van der Waals surface area contributed by atoms with E-state index in [9.17, 15) is 9.59 Å². The van der Waals surface area contributed by atoms with Crippen molar-refractivity contribution < 1.29 is 14.3 Å². The van der Waals surface area contributed by atoms with Crippen molar-refractivity contribution in [2.45, 2.75) is 72.5 Å². The van der Waals surface area contributed by atoms with E-state index in [1.54, 1.807) is 0 Å². The van der Waals surface area contributed by atoms with E-state index >= 15 is 0 Å². The maximum absolute atomic E-state index is 10.7. The maximum Gasteiger partial charge on any atom is 0.330 e. The monoisotopic (exact) mass is 517 g/mol. The summed E-state index contributed by atoms with van der Waals surface area (Å²) in [6, 6.07) is 16.5. The molecule has 2 aromatic rings. The Kier molecular flexibility index (Phi) is 17.2. The van der Waals surface area contributed by atoms with Crippen LogP contribution in [-0.4, -0.2) is 26.0 Å². The molecule has 35 heavy (non-hydrogen) atoms. The van der Waals surface area contributed by atoms with Crippen molar-refractivity contribution in [3.05, 3.63) is 81.9 Å². The number of rotatable bonds is 10. The van der Waals surface area contributed by atoms with Crippen LogP contribution < -0.4 is 0 Å². The molecule has 1 unspecified atom stereocenters. The Morgan fingerprint density at radius 3 is 1.86 bits per heavy atom. The van der Waals surface area contributed by atoms with Crippen LogP contribution >= 0.6 is 23.2 Å². The fourth-order valence-corrected chi connectivity index (χ4v) is 4.38. The van der Waals surface area contributed by atoms with Gasteiger partial charge in [-0.3, -0.25) is 0 Å². The largest absolute Gasteiger partial charge is 0.466 e. The van der Waals surface area contributed by atoms with Gasteiger partial charge in [0.15, 0.2) is 0 Å². The molecule has 0 bridgehead atoms. The van der Waals surface area contributed by atoms with Gasteiger partial charge in [-0.05, 0) is 53.8 Å². The molecule has 0 spiro atoms. The molecule has 6 heteroatoms. The molecule has 0 aliphatic rings. The average Bonchev–Trinajstić information content (AvgIpc) is 2.87. The smallest absolute Gasteiger partial charge is 0.330 e. The van der Waals surface area contributed by atoms with Gasteiger partial charge in [0.25, 0.3) is 0 Å². The van der Waals surface area contributed by atoms with Gasteiger partial charge in [-0.2, -0.15) is 0 Å². The van der Waals surface area contributed by atoms with E-state index < -0.39 is 5.97 Å². The molecule has 1 radical (unpaired) electrons. The number of carbonyl (C=O) groups excluding carboxylic acids is 2. The van der Waals surface area contributed by atoms with Gasteiger partial charge in [0.05, 0.1) is 7.11 Å². The van der Waals surface area contributed by atoms with Gasteiger partial charge in [-0.15, -0.1) is 0 Å². The second-order valence-electron chi connectivity index (χ2n) is 7.99. The summed E-state index contributed by atoms with van der Waals surface area (Å²) in [5.74, 6) is 0.0392. The molecule has 0 saturated heterocycles. The summed E-state index contributed by atoms with van der Waals surface area (Å²) in [7, 11) is 2.75. The third kappa shape index (κ3) is 11.0. The molecule has 191 valence electrons. The molecular formula is C29H40BCl2O3. The summed E-state index contributed by atoms with van der Waals surface area (Å²) in [4.78, 5) is 21.2. The maximum atomic E-state index is 10.7. The van der Waals surface area contributed by atoms with Crippen molar-refractivity contribution in [3.63, 3.8) is 0 Å². The van der Waals surface area contributed by atoms with Gasteiger partial charge >= 0.3 is 5.97 Å². The van der Waals surface area contributed by atoms with Crippen LogP contribution in [0.5, 0.6) is 0 Å². The Morgan fingerprint density at radius 2 is 1.49 bits per heavy atom. The Morgan fingerprint density at radius 1 is 0.971 bits per heavy atom.